The summed E-state index contributed by atoms with van der Waals surface area (Å²) in [5.74, 6) is 1.97. The zero-order valence-corrected chi connectivity index (χ0v) is 14.2. The summed E-state index contributed by atoms with van der Waals surface area (Å²) in [6, 6.07) is 0. The Kier molecular flexibility index (Phi) is 6.28. The first-order valence-corrected chi connectivity index (χ1v) is 7.88. The zero-order chi connectivity index (χ0) is 14.6. The van der Waals surface area contributed by atoms with Gasteiger partial charge in [-0.05, 0) is 66.8 Å². The molecule has 0 amide bonds. The molecule has 1 saturated carbocycles. The van der Waals surface area contributed by atoms with Crippen LogP contribution >= 0.6 is 0 Å². The van der Waals surface area contributed by atoms with Gasteiger partial charge in [0, 0.05) is 6.54 Å². The summed E-state index contributed by atoms with van der Waals surface area (Å²) in [5.41, 5.74) is 0. The summed E-state index contributed by atoms with van der Waals surface area (Å²) in [6.45, 7) is 5.83. The lowest BCUT2D eigenvalue weighted by atomic mass is 10.00. The second-order valence-corrected chi connectivity index (χ2v) is 6.92. The third-order valence-electron chi connectivity index (χ3n) is 5.52. The molecular formula is C16H35N3. The minimum atomic E-state index is 0.00274. The van der Waals surface area contributed by atoms with Crippen LogP contribution in [0.25, 0.3) is 0 Å². The van der Waals surface area contributed by atoms with Gasteiger partial charge in [0.1, 0.15) is 5.79 Å². The van der Waals surface area contributed by atoms with E-state index in [2.05, 4.69) is 63.8 Å². The fraction of sp³-hybridized carbons (Fsp3) is 1.00. The molecule has 0 aromatic heterocycles. The molecule has 0 radical (unpaired) electrons. The molecule has 0 aromatic rings. The number of hydrogen-bond acceptors (Lipinski definition) is 3. The van der Waals surface area contributed by atoms with Crippen molar-refractivity contribution in [1.29, 1.82) is 0 Å². The van der Waals surface area contributed by atoms with Gasteiger partial charge in [-0.2, -0.15) is 0 Å². The summed E-state index contributed by atoms with van der Waals surface area (Å²) in [7, 11) is 10.9. The lowest BCUT2D eigenvalue weighted by Gasteiger charge is -2.48. The third-order valence-corrected chi connectivity index (χ3v) is 5.52. The molecule has 19 heavy (non-hydrogen) atoms. The SMILES string of the molecule is CCC1CCC(CCN(C)C(C)(N(C)C)N(C)C)C1. The first-order valence-electron chi connectivity index (χ1n) is 7.88. The van der Waals surface area contributed by atoms with E-state index in [1.54, 1.807) is 0 Å². The highest BCUT2D eigenvalue weighted by molar-refractivity contribution is 4.81. The lowest BCUT2D eigenvalue weighted by Crippen LogP contribution is -2.63. The Bertz CT molecular complexity index is 255. The molecule has 2 atom stereocenters. The van der Waals surface area contributed by atoms with E-state index in [4.69, 9.17) is 0 Å². The highest BCUT2D eigenvalue weighted by Gasteiger charge is 2.34. The summed E-state index contributed by atoms with van der Waals surface area (Å²) in [5, 5.41) is 0. The van der Waals surface area contributed by atoms with Crippen LogP contribution in [0.1, 0.15) is 46.0 Å². The quantitative estimate of drug-likeness (QED) is 0.658. The van der Waals surface area contributed by atoms with Crippen LogP contribution in [0.2, 0.25) is 0 Å². The van der Waals surface area contributed by atoms with E-state index in [0.717, 1.165) is 11.8 Å². The van der Waals surface area contributed by atoms with Gasteiger partial charge in [0.25, 0.3) is 0 Å². The minimum absolute atomic E-state index is 0.00274. The van der Waals surface area contributed by atoms with Crippen LogP contribution in [-0.4, -0.2) is 62.3 Å². The van der Waals surface area contributed by atoms with Crippen molar-refractivity contribution in [2.24, 2.45) is 11.8 Å². The van der Waals surface area contributed by atoms with Gasteiger partial charge in [-0.1, -0.05) is 26.2 Å². The van der Waals surface area contributed by atoms with Crippen LogP contribution in [0.5, 0.6) is 0 Å². The Balaban J connectivity index is 2.48. The minimum Gasteiger partial charge on any atom is -0.279 e. The molecule has 0 saturated heterocycles. The Morgan fingerprint density at radius 1 is 0.947 bits per heavy atom. The van der Waals surface area contributed by atoms with E-state index in [1.165, 1.54) is 38.6 Å². The summed E-state index contributed by atoms with van der Waals surface area (Å²) >= 11 is 0. The van der Waals surface area contributed by atoms with Gasteiger partial charge in [-0.15, -0.1) is 0 Å². The average molecular weight is 269 g/mol. The van der Waals surface area contributed by atoms with Crippen LogP contribution in [0.15, 0.2) is 0 Å². The van der Waals surface area contributed by atoms with E-state index < -0.39 is 0 Å². The number of hydrogen-bond donors (Lipinski definition) is 0. The van der Waals surface area contributed by atoms with Crippen molar-refractivity contribution < 1.29 is 0 Å². The molecule has 1 rings (SSSR count). The fourth-order valence-corrected chi connectivity index (χ4v) is 3.48. The maximum absolute atomic E-state index is 2.49. The molecule has 1 aliphatic carbocycles. The smallest absolute Gasteiger partial charge is 0.126 e. The zero-order valence-electron chi connectivity index (χ0n) is 14.2. The molecule has 114 valence electrons. The maximum Gasteiger partial charge on any atom is 0.126 e. The van der Waals surface area contributed by atoms with Crippen molar-refractivity contribution in [3.8, 4) is 0 Å². The van der Waals surface area contributed by atoms with E-state index in [9.17, 15) is 0 Å². The van der Waals surface area contributed by atoms with E-state index >= 15 is 0 Å². The second kappa shape index (κ2) is 7.05. The van der Waals surface area contributed by atoms with Gasteiger partial charge < -0.3 is 0 Å². The third kappa shape index (κ3) is 3.93. The van der Waals surface area contributed by atoms with Crippen molar-refractivity contribution in [1.82, 2.24) is 14.7 Å². The monoisotopic (exact) mass is 269 g/mol. The standard InChI is InChI=1S/C16H35N3/c1-8-14-9-10-15(13-14)11-12-19(7)16(2,17(3)4)18(5)6/h14-15H,8-13H2,1-7H3. The molecule has 1 fully saturated rings. The predicted octanol–water partition coefficient (Wildman–Crippen LogP) is 2.93. The number of nitrogens with zero attached hydrogens (tertiary/aromatic N) is 3. The molecule has 2 unspecified atom stereocenters. The van der Waals surface area contributed by atoms with Crippen molar-refractivity contribution in [2.45, 2.75) is 51.7 Å². The van der Waals surface area contributed by atoms with Crippen molar-refractivity contribution in [2.75, 3.05) is 41.8 Å². The van der Waals surface area contributed by atoms with Crippen LogP contribution in [0, 0.1) is 11.8 Å². The maximum atomic E-state index is 2.49. The molecule has 0 bridgehead atoms. The van der Waals surface area contributed by atoms with Gasteiger partial charge in [0.15, 0.2) is 0 Å². The van der Waals surface area contributed by atoms with Crippen LogP contribution in [0.3, 0.4) is 0 Å². The topological polar surface area (TPSA) is 9.72 Å². The van der Waals surface area contributed by atoms with Crippen molar-refractivity contribution in [3.05, 3.63) is 0 Å². The molecule has 0 heterocycles. The van der Waals surface area contributed by atoms with Crippen molar-refractivity contribution >= 4 is 0 Å². The first kappa shape index (κ1) is 16.9. The summed E-state index contributed by atoms with van der Waals surface area (Å²) in [4.78, 5) is 7.10. The van der Waals surface area contributed by atoms with Gasteiger partial charge in [0.05, 0.1) is 0 Å². The predicted molar refractivity (Wildman–Crippen MR) is 84.1 cm³/mol. The van der Waals surface area contributed by atoms with E-state index in [0.29, 0.717) is 0 Å². The highest BCUT2D eigenvalue weighted by Crippen LogP contribution is 2.35. The largest absolute Gasteiger partial charge is 0.279 e. The Labute approximate surface area is 120 Å². The first-order chi connectivity index (χ1) is 8.82. The molecule has 0 N–H and O–H groups in total. The Morgan fingerprint density at radius 2 is 1.47 bits per heavy atom. The normalized spacial score (nSPS) is 24.9. The molecule has 0 spiro atoms. The Morgan fingerprint density at radius 3 is 1.89 bits per heavy atom. The molecule has 3 nitrogen and oxygen atoms in total. The molecule has 1 aliphatic rings. The fourth-order valence-electron chi connectivity index (χ4n) is 3.48. The molecule has 0 aliphatic heterocycles. The van der Waals surface area contributed by atoms with Gasteiger partial charge in [-0.3, -0.25) is 14.7 Å². The summed E-state index contributed by atoms with van der Waals surface area (Å²) in [6.07, 6.45) is 7.10. The highest BCUT2D eigenvalue weighted by atomic mass is 15.5. The van der Waals surface area contributed by atoms with E-state index in [-0.39, 0.29) is 5.79 Å². The van der Waals surface area contributed by atoms with E-state index in [1.807, 2.05) is 0 Å². The van der Waals surface area contributed by atoms with Gasteiger partial charge >= 0.3 is 0 Å². The average Bonchev–Trinajstić information content (AvgIpc) is 2.82. The van der Waals surface area contributed by atoms with Crippen LogP contribution in [0.4, 0.5) is 0 Å². The summed E-state index contributed by atoms with van der Waals surface area (Å²) < 4.78 is 0. The number of rotatable bonds is 7. The van der Waals surface area contributed by atoms with Crippen LogP contribution in [-0.2, 0) is 0 Å². The molecular weight excluding hydrogens is 234 g/mol. The van der Waals surface area contributed by atoms with Crippen LogP contribution < -0.4 is 0 Å². The molecule has 3 heteroatoms. The van der Waals surface area contributed by atoms with Crippen molar-refractivity contribution in [3.63, 3.8) is 0 Å². The Hall–Kier alpha value is -0.120. The van der Waals surface area contributed by atoms with Gasteiger partial charge in [-0.25, -0.2) is 0 Å². The molecule has 0 aromatic carbocycles. The second-order valence-electron chi connectivity index (χ2n) is 6.92. The lowest BCUT2D eigenvalue weighted by molar-refractivity contribution is -0.106. The van der Waals surface area contributed by atoms with Gasteiger partial charge in [0.2, 0.25) is 0 Å².